The van der Waals surface area contributed by atoms with Gasteiger partial charge in [-0.15, -0.1) is 0 Å². The molecule has 58 valence electrons. The second-order valence-electron chi connectivity index (χ2n) is 1.20. The minimum absolute atomic E-state index is 1.01. The Hall–Kier alpha value is -1.31. The summed E-state index contributed by atoms with van der Waals surface area (Å²) in [5, 5.41) is 0. The van der Waals surface area contributed by atoms with E-state index < -0.39 is 23.2 Å². The monoisotopic (exact) mass is 166 g/mol. The van der Waals surface area contributed by atoms with Gasteiger partial charge in [-0.05, 0) is 0 Å². The van der Waals surface area contributed by atoms with E-state index in [0.717, 1.165) is 0 Å². The topological polar surface area (TPSA) is 127 Å². The molecule has 0 rings (SSSR count). The Morgan fingerprint density at radius 3 is 1.60 bits per heavy atom. The highest BCUT2D eigenvalue weighted by molar-refractivity contribution is 7.82. The zero-order valence-electron chi connectivity index (χ0n) is 4.79. The molecule has 6 N–H and O–H groups in total. The second-order valence-corrected chi connectivity index (χ2v) is 2.15. The number of urea groups is 2. The third-order valence-corrected chi connectivity index (χ3v) is 1.16. The van der Waals surface area contributed by atoms with Crippen molar-refractivity contribution in [3.05, 3.63) is 0 Å². The van der Waals surface area contributed by atoms with Crippen molar-refractivity contribution in [2.24, 2.45) is 11.5 Å². The summed E-state index contributed by atoms with van der Waals surface area (Å²) in [5.74, 6) is 0. The first kappa shape index (κ1) is 8.69. The number of hydrogen-bond donors (Lipinski definition) is 4. The van der Waals surface area contributed by atoms with Crippen molar-refractivity contribution < 1.29 is 13.8 Å². The largest absolute Gasteiger partial charge is 0.351 e. The molecule has 7 nitrogen and oxygen atoms in total. The zero-order valence-corrected chi connectivity index (χ0v) is 5.60. The lowest BCUT2D eigenvalue weighted by Crippen LogP contribution is -2.42. The van der Waals surface area contributed by atoms with Crippen LogP contribution in [0.1, 0.15) is 0 Å². The Kier molecular flexibility index (Phi) is 3.19. The fraction of sp³-hybridized carbons (Fsp3) is 0. The van der Waals surface area contributed by atoms with E-state index in [1.54, 1.807) is 9.44 Å². The molecule has 0 saturated heterocycles. The maximum atomic E-state index is 10.4. The quantitative estimate of drug-likeness (QED) is 0.375. The highest BCUT2D eigenvalue weighted by Gasteiger charge is 2.01. The van der Waals surface area contributed by atoms with Gasteiger partial charge in [0.25, 0.3) is 0 Å². The number of amides is 4. The third kappa shape index (κ3) is 4.84. The lowest BCUT2D eigenvalue weighted by molar-refractivity contribution is 0.253. The number of rotatable bonds is 2. The van der Waals surface area contributed by atoms with E-state index in [4.69, 9.17) is 0 Å². The molecule has 0 bridgehead atoms. The van der Waals surface area contributed by atoms with Crippen LogP contribution in [0, 0.1) is 0 Å². The van der Waals surface area contributed by atoms with Crippen molar-refractivity contribution >= 4 is 23.2 Å². The van der Waals surface area contributed by atoms with Crippen molar-refractivity contribution in [1.82, 2.24) is 9.44 Å². The molecule has 0 aromatic carbocycles. The molecule has 0 aliphatic carbocycles. The van der Waals surface area contributed by atoms with E-state index in [9.17, 15) is 13.8 Å². The van der Waals surface area contributed by atoms with Gasteiger partial charge in [0.1, 0.15) is 0 Å². The van der Waals surface area contributed by atoms with Crippen LogP contribution in [0.25, 0.3) is 0 Å². The summed E-state index contributed by atoms with van der Waals surface area (Å²) in [6.07, 6.45) is 0. The van der Waals surface area contributed by atoms with Crippen molar-refractivity contribution in [3.63, 3.8) is 0 Å². The van der Waals surface area contributed by atoms with Crippen LogP contribution in [0.2, 0.25) is 0 Å². The Labute approximate surface area is 58.9 Å². The molecule has 0 atom stereocenters. The molecule has 0 unspecified atom stereocenters. The van der Waals surface area contributed by atoms with E-state index in [0.29, 0.717) is 0 Å². The fourth-order valence-electron chi connectivity index (χ4n) is 0.208. The molecule has 8 heteroatoms. The van der Waals surface area contributed by atoms with Gasteiger partial charge in [-0.3, -0.25) is 0 Å². The minimum atomic E-state index is -2.03. The van der Waals surface area contributed by atoms with Gasteiger partial charge in [-0.25, -0.2) is 23.2 Å². The van der Waals surface area contributed by atoms with Crippen molar-refractivity contribution in [3.8, 4) is 0 Å². The number of hydrogen-bond acceptors (Lipinski definition) is 3. The van der Waals surface area contributed by atoms with Gasteiger partial charge < -0.3 is 11.5 Å². The molecule has 0 spiro atoms. The van der Waals surface area contributed by atoms with Crippen LogP contribution in [-0.2, 0) is 11.2 Å². The average Bonchev–Trinajstić information content (AvgIpc) is 1.58. The van der Waals surface area contributed by atoms with Gasteiger partial charge in [-0.2, -0.15) is 0 Å². The number of primary amides is 2. The zero-order chi connectivity index (χ0) is 8.15. The van der Waals surface area contributed by atoms with Crippen LogP contribution in [0.4, 0.5) is 9.59 Å². The van der Waals surface area contributed by atoms with Gasteiger partial charge in [0.2, 0.25) is 11.2 Å². The summed E-state index contributed by atoms with van der Waals surface area (Å²) in [4.78, 5) is 19.8. The van der Waals surface area contributed by atoms with Crippen molar-refractivity contribution in [1.29, 1.82) is 0 Å². The van der Waals surface area contributed by atoms with Gasteiger partial charge in [0.15, 0.2) is 0 Å². The molecular formula is C2H6N4O3S. The number of nitrogens with one attached hydrogen (secondary N) is 2. The summed E-state index contributed by atoms with van der Waals surface area (Å²) < 4.78 is 13.7. The average molecular weight is 166 g/mol. The Bertz CT molecular complexity index is 161. The molecule has 0 aliphatic rings. The van der Waals surface area contributed by atoms with E-state index >= 15 is 0 Å². The Morgan fingerprint density at radius 1 is 1.10 bits per heavy atom. The summed E-state index contributed by atoms with van der Waals surface area (Å²) >= 11 is -2.03. The standard InChI is InChI=1S/C2H6N4O3S/c3-1(7)5-10(9)6-2(4)8/h(H3,3,5,7)(H3,4,6,8). The number of nitrogens with two attached hydrogens (primary N) is 2. The van der Waals surface area contributed by atoms with E-state index in [-0.39, 0.29) is 0 Å². The summed E-state index contributed by atoms with van der Waals surface area (Å²) in [6, 6.07) is -2.01. The van der Waals surface area contributed by atoms with Crippen LogP contribution >= 0.6 is 0 Å². The first-order valence-electron chi connectivity index (χ1n) is 2.06. The van der Waals surface area contributed by atoms with Crippen LogP contribution in [-0.4, -0.2) is 16.3 Å². The summed E-state index contributed by atoms with van der Waals surface area (Å²) in [5.41, 5.74) is 9.07. The van der Waals surface area contributed by atoms with Crippen molar-refractivity contribution in [2.45, 2.75) is 0 Å². The summed E-state index contributed by atoms with van der Waals surface area (Å²) in [6.45, 7) is 0. The highest BCUT2D eigenvalue weighted by Crippen LogP contribution is 1.64. The first-order valence-corrected chi connectivity index (χ1v) is 3.21. The third-order valence-electron chi connectivity index (χ3n) is 0.387. The normalized spacial score (nSPS) is 8.90. The predicted molar refractivity (Wildman–Crippen MR) is 33.6 cm³/mol. The second kappa shape index (κ2) is 3.67. The molecular weight excluding hydrogens is 160 g/mol. The Morgan fingerprint density at radius 2 is 1.40 bits per heavy atom. The van der Waals surface area contributed by atoms with Crippen LogP contribution < -0.4 is 20.9 Å². The van der Waals surface area contributed by atoms with Gasteiger partial charge in [-0.1, -0.05) is 0 Å². The molecule has 0 heterocycles. The first-order chi connectivity index (χ1) is 4.52. The van der Waals surface area contributed by atoms with Gasteiger partial charge in [0, 0.05) is 0 Å². The molecule has 0 radical (unpaired) electrons. The van der Waals surface area contributed by atoms with Gasteiger partial charge in [0.05, 0.1) is 0 Å². The van der Waals surface area contributed by atoms with Crippen molar-refractivity contribution in [2.75, 3.05) is 0 Å². The fourth-order valence-corrected chi connectivity index (χ4v) is 0.625. The highest BCUT2D eigenvalue weighted by atomic mass is 32.2. The molecule has 0 aliphatic heterocycles. The van der Waals surface area contributed by atoms with Crippen LogP contribution in [0.3, 0.4) is 0 Å². The van der Waals surface area contributed by atoms with Gasteiger partial charge >= 0.3 is 12.1 Å². The smallest absolute Gasteiger partial charge is 0.325 e. The summed E-state index contributed by atoms with van der Waals surface area (Å²) in [7, 11) is 0. The molecule has 0 aromatic rings. The number of carbonyl (C=O) groups is 2. The number of carbonyl (C=O) groups excluding carboxylic acids is 2. The molecule has 10 heavy (non-hydrogen) atoms. The van der Waals surface area contributed by atoms with E-state index in [1.807, 2.05) is 0 Å². The SMILES string of the molecule is NC(=O)NS(=O)NC(N)=O. The van der Waals surface area contributed by atoms with E-state index in [1.165, 1.54) is 0 Å². The molecule has 0 saturated carbocycles. The predicted octanol–water partition coefficient (Wildman–Crippen LogP) is -2.10. The molecule has 0 aromatic heterocycles. The maximum absolute atomic E-state index is 10.4. The molecule has 4 amide bonds. The maximum Gasteiger partial charge on any atom is 0.325 e. The Balaban J connectivity index is 3.65. The van der Waals surface area contributed by atoms with Crippen LogP contribution in [0.5, 0.6) is 0 Å². The van der Waals surface area contributed by atoms with Crippen LogP contribution in [0.15, 0.2) is 0 Å². The van der Waals surface area contributed by atoms with E-state index in [2.05, 4.69) is 11.5 Å². The molecule has 0 fully saturated rings. The lowest BCUT2D eigenvalue weighted by atomic mass is 11.2. The lowest BCUT2D eigenvalue weighted by Gasteiger charge is -1.98. The minimum Gasteiger partial charge on any atom is -0.351 e.